The molecule has 16 heteroatoms. The molecule has 0 saturated carbocycles. The monoisotopic (exact) mass is 838 g/mol. The first-order valence-electron chi connectivity index (χ1n) is 20.0. The molecule has 3 N–H and O–H groups in total. The largest absolute Gasteiger partial charge is 0.455 e. The minimum atomic E-state index is -2.01. The van der Waals surface area contributed by atoms with Gasteiger partial charge in [0.05, 0.1) is 28.4 Å². The van der Waals surface area contributed by atoms with Crippen LogP contribution in [0, 0.1) is 16.7 Å². The van der Waals surface area contributed by atoms with Crippen molar-refractivity contribution >= 4 is 62.5 Å². The second-order valence-electron chi connectivity index (χ2n) is 15.4. The van der Waals surface area contributed by atoms with E-state index in [2.05, 4.69) is 35.0 Å². The van der Waals surface area contributed by atoms with Crippen molar-refractivity contribution in [2.24, 2.45) is 17.0 Å². The number of carbonyl (C=O) groups excluding carboxylic acids is 2. The lowest BCUT2D eigenvalue weighted by Gasteiger charge is -2.43. The van der Waals surface area contributed by atoms with Crippen molar-refractivity contribution in [1.82, 2.24) is 24.5 Å². The summed E-state index contributed by atoms with van der Waals surface area (Å²) in [6, 6.07) is 21.6. The molecule has 0 bridgehead atoms. The molecule has 59 heavy (non-hydrogen) atoms. The fourth-order valence-electron chi connectivity index (χ4n) is 8.32. The molecule has 14 nitrogen and oxygen atoms in total. The van der Waals surface area contributed by atoms with Crippen molar-refractivity contribution in [2.75, 3.05) is 69.7 Å². The summed E-state index contributed by atoms with van der Waals surface area (Å²) >= 11 is 6.19. The van der Waals surface area contributed by atoms with E-state index in [-0.39, 0.29) is 39.8 Å². The van der Waals surface area contributed by atoms with Crippen LogP contribution in [0.15, 0.2) is 95.3 Å². The number of nitrogens with zero attached hydrogens (tertiary/aromatic N) is 5. The number of rotatable bonds is 13. The molecule has 3 fully saturated rings. The highest BCUT2D eigenvalue weighted by Crippen LogP contribution is 2.38. The number of ether oxygens (including phenoxy) is 2. The van der Waals surface area contributed by atoms with E-state index in [4.69, 9.17) is 21.1 Å². The maximum atomic E-state index is 13.9. The second kappa shape index (κ2) is 18.3. The highest BCUT2D eigenvalue weighted by Gasteiger charge is 2.36. The van der Waals surface area contributed by atoms with Crippen molar-refractivity contribution in [1.29, 1.82) is 0 Å². The number of halogens is 1. The normalized spacial score (nSPS) is 19.7. The van der Waals surface area contributed by atoms with Gasteiger partial charge in [-0.2, -0.15) is 0 Å². The van der Waals surface area contributed by atoms with Crippen LogP contribution in [0.25, 0.3) is 11.0 Å². The number of hydrogen-bond acceptors (Lipinski definition) is 11. The third-order valence-corrected chi connectivity index (χ3v) is 12.9. The number of piperazine rings is 1. The van der Waals surface area contributed by atoms with E-state index in [1.165, 1.54) is 6.07 Å². The first kappa shape index (κ1) is 40.4. The van der Waals surface area contributed by atoms with Gasteiger partial charge < -0.3 is 29.6 Å². The van der Waals surface area contributed by atoms with Crippen LogP contribution >= 0.6 is 11.6 Å². The maximum absolute atomic E-state index is 13.9. The van der Waals surface area contributed by atoms with Crippen LogP contribution in [0.4, 0.5) is 17.1 Å². The summed E-state index contributed by atoms with van der Waals surface area (Å²) < 4.78 is 27.9. The summed E-state index contributed by atoms with van der Waals surface area (Å²) in [5.41, 5.74) is 3.51. The third-order valence-electron chi connectivity index (χ3n) is 11.6. The summed E-state index contributed by atoms with van der Waals surface area (Å²) in [6.45, 7) is 6.06. The van der Waals surface area contributed by atoms with Gasteiger partial charge in [-0.1, -0.05) is 23.7 Å². The molecule has 5 heterocycles. The summed E-state index contributed by atoms with van der Waals surface area (Å²) in [6.07, 6.45) is 6.60. The highest BCUT2D eigenvalue weighted by atomic mass is 35.5. The van der Waals surface area contributed by atoms with Crippen LogP contribution in [0.1, 0.15) is 47.6 Å². The fourth-order valence-corrected chi connectivity index (χ4v) is 9.25. The van der Waals surface area contributed by atoms with Crippen LogP contribution in [0.5, 0.6) is 11.5 Å². The van der Waals surface area contributed by atoms with Gasteiger partial charge in [-0.3, -0.25) is 19.2 Å². The molecule has 0 radical (unpaired) electrons. The SMILES string of the molecule is CN1C(=O)CC[C@H](CN2CCN(c3ccc(C(=O)NS(=O)c4ccc(NCC5CCOCC5)c(N=O)c4)c(Oc4cnc5[nH]ccc5c4)c3)CC2)[C@H]1c1ccc(Cl)cc1. The summed E-state index contributed by atoms with van der Waals surface area (Å²) in [4.78, 5) is 52.8. The number of carbonyl (C=O) groups is 2. The lowest BCUT2D eigenvalue weighted by molar-refractivity contribution is -0.137. The Bertz CT molecular complexity index is 2330. The number of piperidine rings is 1. The molecular formula is C43H47ClN8O6S. The van der Waals surface area contributed by atoms with Gasteiger partial charge in [0.25, 0.3) is 5.91 Å². The first-order valence-corrected chi connectivity index (χ1v) is 21.5. The van der Waals surface area contributed by atoms with Crippen LogP contribution in [-0.4, -0.2) is 95.3 Å². The van der Waals surface area contributed by atoms with Crippen LogP contribution < -0.4 is 19.7 Å². The zero-order chi connectivity index (χ0) is 40.9. The van der Waals surface area contributed by atoms with Gasteiger partial charge in [0.15, 0.2) is 11.0 Å². The van der Waals surface area contributed by atoms with Crippen molar-refractivity contribution < 1.29 is 23.3 Å². The fraction of sp³-hybridized carbons (Fsp3) is 0.372. The Morgan fingerprint density at radius 2 is 1.81 bits per heavy atom. The van der Waals surface area contributed by atoms with Gasteiger partial charge in [0, 0.05) is 94.3 Å². The molecule has 2 aromatic heterocycles. The predicted molar refractivity (Wildman–Crippen MR) is 229 cm³/mol. The van der Waals surface area contributed by atoms with E-state index in [9.17, 15) is 18.7 Å². The summed E-state index contributed by atoms with van der Waals surface area (Å²) in [7, 11) is -0.112. The molecule has 3 atom stereocenters. The maximum Gasteiger partial charge on any atom is 0.266 e. The number of aromatic amines is 1. The number of likely N-dealkylation sites (tertiary alicyclic amines) is 1. The molecule has 0 spiro atoms. The van der Waals surface area contributed by atoms with E-state index < -0.39 is 16.9 Å². The van der Waals surface area contributed by atoms with Crippen molar-refractivity contribution in [3.63, 3.8) is 0 Å². The number of anilines is 2. The third kappa shape index (κ3) is 9.43. The second-order valence-corrected chi connectivity index (χ2v) is 17.0. The predicted octanol–water partition coefficient (Wildman–Crippen LogP) is 7.43. The zero-order valence-electron chi connectivity index (χ0n) is 32.8. The quantitative estimate of drug-likeness (QED) is 0.102. The summed E-state index contributed by atoms with van der Waals surface area (Å²) in [5.74, 6) is 0.952. The Balaban J connectivity index is 0.965. The lowest BCUT2D eigenvalue weighted by atomic mass is 9.84. The van der Waals surface area contributed by atoms with E-state index in [1.54, 1.807) is 30.6 Å². The zero-order valence-corrected chi connectivity index (χ0v) is 34.3. The number of amides is 2. The average Bonchev–Trinajstić information content (AvgIpc) is 3.73. The van der Waals surface area contributed by atoms with Gasteiger partial charge in [0.1, 0.15) is 22.8 Å². The number of aromatic nitrogens is 2. The molecule has 3 aliphatic heterocycles. The van der Waals surface area contributed by atoms with E-state index >= 15 is 0 Å². The Morgan fingerprint density at radius 1 is 1.02 bits per heavy atom. The van der Waals surface area contributed by atoms with Gasteiger partial charge in [0.2, 0.25) is 5.91 Å². The van der Waals surface area contributed by atoms with Gasteiger partial charge in [-0.25, -0.2) is 9.19 Å². The Morgan fingerprint density at radius 3 is 2.59 bits per heavy atom. The number of H-pyrrole nitrogens is 1. The molecule has 0 aliphatic carbocycles. The average molecular weight is 839 g/mol. The Labute approximate surface area is 350 Å². The van der Waals surface area contributed by atoms with Crippen molar-refractivity contribution in [3.05, 3.63) is 106 Å². The van der Waals surface area contributed by atoms with E-state index in [0.717, 1.165) is 68.6 Å². The smallest absolute Gasteiger partial charge is 0.266 e. The molecule has 8 rings (SSSR count). The number of hydrogen-bond donors (Lipinski definition) is 3. The van der Waals surface area contributed by atoms with Crippen LogP contribution in [0.3, 0.4) is 0 Å². The van der Waals surface area contributed by atoms with Crippen molar-refractivity contribution in [3.8, 4) is 11.5 Å². The lowest BCUT2D eigenvalue weighted by Crippen LogP contribution is -2.50. The standard InChI is InChI=1S/C43H47ClN8O6S/c1-50-40(53)11-4-31(41(50)29-2-5-32(44)6-3-29)27-51-16-18-52(19-17-51)33-7-9-36(39(23-33)58-34-22-30-12-15-45-42(30)47-26-34)43(54)49-59(56)35-8-10-37(38(24-35)48-55)46-25-28-13-20-57-21-14-28/h2-3,5-10,12,15,22-24,26,28,31,41,46H,4,11,13-14,16-21,25,27H2,1H3,(H,45,47)(H,49,54)/t31-,41-,59?/m1/s1. The first-order chi connectivity index (χ1) is 28.7. The Kier molecular flexibility index (Phi) is 12.5. The molecule has 5 aromatic rings. The highest BCUT2D eigenvalue weighted by molar-refractivity contribution is 7.83. The van der Waals surface area contributed by atoms with E-state index in [1.807, 2.05) is 60.5 Å². The Hall–Kier alpha value is -5.35. The molecule has 1 unspecified atom stereocenters. The van der Waals surface area contributed by atoms with Crippen LogP contribution in [0.2, 0.25) is 5.02 Å². The molecule has 2 amide bonds. The minimum Gasteiger partial charge on any atom is -0.455 e. The number of fused-ring (bicyclic) bond motifs is 1. The number of benzene rings is 3. The van der Waals surface area contributed by atoms with Gasteiger partial charge in [-0.15, -0.1) is 4.91 Å². The summed E-state index contributed by atoms with van der Waals surface area (Å²) in [5, 5.41) is 7.97. The topological polar surface area (TPSA) is 162 Å². The number of pyridine rings is 1. The molecule has 3 aliphatic rings. The van der Waals surface area contributed by atoms with Gasteiger partial charge >= 0.3 is 0 Å². The number of nitroso groups, excluding NO2 is 1. The van der Waals surface area contributed by atoms with Gasteiger partial charge in [-0.05, 0) is 96.4 Å². The van der Waals surface area contributed by atoms with E-state index in [0.29, 0.717) is 54.2 Å². The van der Waals surface area contributed by atoms with Crippen LogP contribution in [-0.2, 0) is 20.5 Å². The molecule has 308 valence electrons. The minimum absolute atomic E-state index is 0.0217. The molecule has 3 saturated heterocycles. The number of nitrogens with one attached hydrogen (secondary N) is 3. The molecular weight excluding hydrogens is 792 g/mol. The molecule has 3 aromatic carbocycles. The van der Waals surface area contributed by atoms with Crippen molar-refractivity contribution in [2.45, 2.75) is 36.6 Å².